The number of hydrogen-bond donors (Lipinski definition) is 2. The molecule has 0 fully saturated rings. The lowest BCUT2D eigenvalue weighted by Crippen LogP contribution is -2.21. The Morgan fingerprint density at radius 3 is 2.28 bits per heavy atom. The van der Waals surface area contributed by atoms with Crippen LogP contribution in [0.2, 0.25) is 0 Å². The number of esters is 1. The molecule has 0 unspecified atom stereocenters. The van der Waals surface area contributed by atoms with Gasteiger partial charge in [-0.25, -0.2) is 0 Å². The normalized spacial score (nSPS) is 9.96. The Bertz CT molecular complexity index is 744. The van der Waals surface area contributed by atoms with Gasteiger partial charge >= 0.3 is 5.97 Å². The first-order valence-electron chi connectivity index (χ1n) is 7.90. The SMILES string of the molecule is CC(=O)Nc1cccc(NC(=O)COC(=O)CCc2ccccc2)c1. The van der Waals surface area contributed by atoms with Crippen LogP contribution >= 0.6 is 0 Å². The fourth-order valence-electron chi connectivity index (χ4n) is 2.18. The maximum absolute atomic E-state index is 11.8. The van der Waals surface area contributed by atoms with Crippen LogP contribution in [0.1, 0.15) is 18.9 Å². The molecule has 0 aliphatic rings. The minimum absolute atomic E-state index is 0.198. The first-order valence-corrected chi connectivity index (χ1v) is 7.90. The summed E-state index contributed by atoms with van der Waals surface area (Å²) in [5, 5.41) is 5.24. The second kappa shape index (κ2) is 9.22. The second-order valence-electron chi connectivity index (χ2n) is 5.46. The second-order valence-corrected chi connectivity index (χ2v) is 5.46. The number of ether oxygens (including phenoxy) is 1. The van der Waals surface area contributed by atoms with Gasteiger partial charge in [-0.1, -0.05) is 36.4 Å². The number of carbonyl (C=O) groups excluding carboxylic acids is 3. The Kier molecular flexibility index (Phi) is 6.71. The highest BCUT2D eigenvalue weighted by atomic mass is 16.5. The van der Waals surface area contributed by atoms with E-state index >= 15 is 0 Å². The largest absolute Gasteiger partial charge is 0.456 e. The summed E-state index contributed by atoms with van der Waals surface area (Å²) >= 11 is 0. The van der Waals surface area contributed by atoms with Crippen molar-refractivity contribution in [2.24, 2.45) is 0 Å². The summed E-state index contributed by atoms with van der Waals surface area (Å²) in [7, 11) is 0. The van der Waals surface area contributed by atoms with Gasteiger partial charge in [0.1, 0.15) is 0 Å². The predicted octanol–water partition coefficient (Wildman–Crippen LogP) is 2.76. The van der Waals surface area contributed by atoms with Gasteiger partial charge in [0.2, 0.25) is 5.91 Å². The molecule has 0 aromatic heterocycles. The fraction of sp³-hybridized carbons (Fsp3) is 0.211. The van der Waals surface area contributed by atoms with Crippen molar-refractivity contribution in [2.45, 2.75) is 19.8 Å². The van der Waals surface area contributed by atoms with Crippen molar-refractivity contribution in [2.75, 3.05) is 17.2 Å². The third-order valence-corrected chi connectivity index (χ3v) is 3.29. The molecule has 6 heteroatoms. The molecule has 0 radical (unpaired) electrons. The van der Waals surface area contributed by atoms with Gasteiger partial charge in [0.25, 0.3) is 5.91 Å². The Morgan fingerprint density at radius 1 is 0.920 bits per heavy atom. The number of amides is 2. The lowest BCUT2D eigenvalue weighted by atomic mass is 10.1. The zero-order chi connectivity index (χ0) is 18.1. The smallest absolute Gasteiger partial charge is 0.306 e. The van der Waals surface area contributed by atoms with Crippen molar-refractivity contribution in [3.05, 3.63) is 60.2 Å². The summed E-state index contributed by atoms with van der Waals surface area (Å²) < 4.78 is 4.97. The van der Waals surface area contributed by atoms with E-state index in [1.807, 2.05) is 30.3 Å². The quantitative estimate of drug-likeness (QED) is 0.759. The van der Waals surface area contributed by atoms with Crippen LogP contribution in [0.4, 0.5) is 11.4 Å². The minimum atomic E-state index is -0.437. The highest BCUT2D eigenvalue weighted by molar-refractivity contribution is 5.94. The molecule has 2 aromatic carbocycles. The Labute approximate surface area is 146 Å². The summed E-state index contributed by atoms with van der Waals surface area (Å²) in [5.41, 5.74) is 2.13. The monoisotopic (exact) mass is 340 g/mol. The van der Waals surface area contributed by atoms with Crippen LogP contribution in [0.25, 0.3) is 0 Å². The fourth-order valence-corrected chi connectivity index (χ4v) is 2.18. The van der Waals surface area contributed by atoms with Gasteiger partial charge in [0.15, 0.2) is 6.61 Å². The van der Waals surface area contributed by atoms with E-state index in [1.165, 1.54) is 6.92 Å². The average molecular weight is 340 g/mol. The van der Waals surface area contributed by atoms with E-state index in [2.05, 4.69) is 10.6 Å². The summed E-state index contributed by atoms with van der Waals surface area (Å²) in [4.78, 5) is 34.6. The highest BCUT2D eigenvalue weighted by Gasteiger charge is 2.09. The molecule has 2 N–H and O–H groups in total. The lowest BCUT2D eigenvalue weighted by molar-refractivity contribution is -0.147. The molecule has 6 nitrogen and oxygen atoms in total. The van der Waals surface area contributed by atoms with E-state index in [-0.39, 0.29) is 18.9 Å². The number of aryl methyl sites for hydroxylation is 1. The van der Waals surface area contributed by atoms with Crippen molar-refractivity contribution in [3.8, 4) is 0 Å². The van der Waals surface area contributed by atoms with E-state index in [0.717, 1.165) is 5.56 Å². The molecule has 0 spiro atoms. The molecular weight excluding hydrogens is 320 g/mol. The molecular formula is C19H20N2O4. The number of anilines is 2. The third kappa shape index (κ3) is 6.87. The Balaban J connectivity index is 1.74. The lowest BCUT2D eigenvalue weighted by Gasteiger charge is -2.08. The van der Waals surface area contributed by atoms with E-state index in [9.17, 15) is 14.4 Å². The molecule has 0 saturated heterocycles. The number of hydrogen-bond acceptors (Lipinski definition) is 4. The van der Waals surface area contributed by atoms with Gasteiger partial charge in [0, 0.05) is 24.7 Å². The minimum Gasteiger partial charge on any atom is -0.456 e. The van der Waals surface area contributed by atoms with Gasteiger partial charge < -0.3 is 15.4 Å². The first-order chi connectivity index (χ1) is 12.0. The Morgan fingerprint density at radius 2 is 1.60 bits per heavy atom. The van der Waals surface area contributed by atoms with Crippen LogP contribution < -0.4 is 10.6 Å². The third-order valence-electron chi connectivity index (χ3n) is 3.29. The summed E-state index contributed by atoms with van der Waals surface area (Å²) in [6.07, 6.45) is 0.787. The van der Waals surface area contributed by atoms with Crippen LogP contribution in [-0.2, 0) is 25.5 Å². The topological polar surface area (TPSA) is 84.5 Å². The van der Waals surface area contributed by atoms with Gasteiger partial charge in [-0.2, -0.15) is 0 Å². The zero-order valence-corrected chi connectivity index (χ0v) is 14.0. The number of benzene rings is 2. The van der Waals surface area contributed by atoms with Gasteiger partial charge in [-0.15, -0.1) is 0 Å². The van der Waals surface area contributed by atoms with E-state index in [0.29, 0.717) is 17.8 Å². The highest BCUT2D eigenvalue weighted by Crippen LogP contribution is 2.15. The van der Waals surface area contributed by atoms with E-state index in [4.69, 9.17) is 4.74 Å². The molecule has 0 aliphatic heterocycles. The molecule has 0 aliphatic carbocycles. The molecule has 25 heavy (non-hydrogen) atoms. The van der Waals surface area contributed by atoms with Crippen molar-refractivity contribution in [1.29, 1.82) is 0 Å². The van der Waals surface area contributed by atoms with E-state index < -0.39 is 11.9 Å². The maximum atomic E-state index is 11.8. The van der Waals surface area contributed by atoms with Gasteiger partial charge in [0.05, 0.1) is 0 Å². The molecule has 0 heterocycles. The number of rotatable bonds is 7. The van der Waals surface area contributed by atoms with Crippen LogP contribution in [0, 0.1) is 0 Å². The van der Waals surface area contributed by atoms with Crippen molar-refractivity contribution in [3.63, 3.8) is 0 Å². The maximum Gasteiger partial charge on any atom is 0.306 e. The summed E-state index contributed by atoms with van der Waals surface area (Å²) in [6, 6.07) is 16.3. The van der Waals surface area contributed by atoms with Crippen LogP contribution in [0.5, 0.6) is 0 Å². The molecule has 130 valence electrons. The van der Waals surface area contributed by atoms with Crippen molar-refractivity contribution < 1.29 is 19.1 Å². The van der Waals surface area contributed by atoms with Crippen molar-refractivity contribution in [1.82, 2.24) is 0 Å². The van der Waals surface area contributed by atoms with Crippen LogP contribution in [-0.4, -0.2) is 24.4 Å². The standard InChI is InChI=1S/C19H20N2O4/c1-14(22)20-16-8-5-9-17(12-16)21-18(23)13-25-19(24)11-10-15-6-3-2-4-7-15/h2-9,12H,10-11,13H2,1H3,(H,20,22)(H,21,23). The molecule has 0 bridgehead atoms. The van der Waals surface area contributed by atoms with E-state index in [1.54, 1.807) is 24.3 Å². The number of nitrogens with one attached hydrogen (secondary N) is 2. The molecule has 2 aromatic rings. The van der Waals surface area contributed by atoms with Crippen molar-refractivity contribution >= 4 is 29.2 Å². The van der Waals surface area contributed by atoms with Crippen LogP contribution in [0.3, 0.4) is 0 Å². The summed E-state index contributed by atoms with van der Waals surface area (Å²) in [6.45, 7) is 1.05. The molecule has 2 amide bonds. The molecule has 0 atom stereocenters. The summed E-state index contributed by atoms with van der Waals surface area (Å²) in [5.74, 6) is -1.06. The first kappa shape index (κ1) is 18.2. The van der Waals surface area contributed by atoms with Gasteiger partial charge in [-0.05, 0) is 30.2 Å². The molecule has 2 rings (SSSR count). The number of carbonyl (C=O) groups is 3. The predicted molar refractivity (Wildman–Crippen MR) is 95.1 cm³/mol. The van der Waals surface area contributed by atoms with Gasteiger partial charge in [-0.3, -0.25) is 14.4 Å². The van der Waals surface area contributed by atoms with Crippen LogP contribution in [0.15, 0.2) is 54.6 Å². The average Bonchev–Trinajstić information content (AvgIpc) is 2.59. The molecule has 0 saturated carbocycles. The Hall–Kier alpha value is -3.15. The zero-order valence-electron chi connectivity index (χ0n) is 14.0.